The van der Waals surface area contributed by atoms with Crippen molar-refractivity contribution in [3.05, 3.63) is 35.7 Å². The standard InChI is InChI=1S/C21H28N6OS/c1-13(22)20(26(2)23)15-10-17-19(24-11-15)16-4-5-18(29-3)25-21(16)27(17)12-14-6-8-28-9-7-14/h4-5,10-11,14H,6-9,12,22-23H2,1-3H3/b20-13-. The number of nitrogens with zero attached hydrogens (tertiary/aromatic N) is 4. The maximum atomic E-state index is 6.11. The SMILES string of the molecule is CSc1ccc2c3ncc(/C(=C(\C)N)N(C)N)cc3n(CC3CCOCC3)c2n1. The number of ether oxygens (including phenoxy) is 1. The van der Waals surface area contributed by atoms with Crippen molar-refractivity contribution in [1.82, 2.24) is 19.5 Å². The van der Waals surface area contributed by atoms with Crippen molar-refractivity contribution in [3.63, 3.8) is 0 Å². The summed E-state index contributed by atoms with van der Waals surface area (Å²) in [4.78, 5) is 9.72. The van der Waals surface area contributed by atoms with Gasteiger partial charge in [-0.1, -0.05) is 0 Å². The van der Waals surface area contributed by atoms with E-state index in [1.54, 1.807) is 23.8 Å². The first-order chi connectivity index (χ1) is 14.0. The normalized spacial score (nSPS) is 16.4. The van der Waals surface area contributed by atoms with Crippen LogP contribution in [0.4, 0.5) is 0 Å². The van der Waals surface area contributed by atoms with Gasteiger partial charge >= 0.3 is 0 Å². The molecule has 4 rings (SSSR count). The van der Waals surface area contributed by atoms with E-state index in [0.29, 0.717) is 11.6 Å². The molecule has 29 heavy (non-hydrogen) atoms. The maximum Gasteiger partial charge on any atom is 0.143 e. The second-order valence-corrected chi connectivity index (χ2v) is 8.45. The zero-order valence-corrected chi connectivity index (χ0v) is 18.0. The van der Waals surface area contributed by atoms with Crippen LogP contribution in [0, 0.1) is 5.92 Å². The van der Waals surface area contributed by atoms with Crippen LogP contribution in [0.2, 0.25) is 0 Å². The van der Waals surface area contributed by atoms with Crippen LogP contribution >= 0.6 is 11.8 Å². The van der Waals surface area contributed by atoms with Gasteiger partial charge in [0, 0.05) is 49.6 Å². The third kappa shape index (κ3) is 3.80. The Morgan fingerprint density at radius 1 is 1.34 bits per heavy atom. The lowest BCUT2D eigenvalue weighted by molar-refractivity contribution is 0.0619. The van der Waals surface area contributed by atoms with Gasteiger partial charge in [-0.2, -0.15) is 0 Å². The van der Waals surface area contributed by atoms with Crippen molar-refractivity contribution < 1.29 is 4.74 Å². The van der Waals surface area contributed by atoms with Gasteiger partial charge in [0.25, 0.3) is 0 Å². The number of pyridine rings is 2. The highest BCUT2D eigenvalue weighted by atomic mass is 32.2. The fourth-order valence-corrected chi connectivity index (χ4v) is 4.51. The van der Waals surface area contributed by atoms with E-state index < -0.39 is 0 Å². The molecule has 3 aromatic rings. The van der Waals surface area contributed by atoms with Crippen molar-refractivity contribution in [1.29, 1.82) is 0 Å². The summed E-state index contributed by atoms with van der Waals surface area (Å²) in [6, 6.07) is 6.32. The number of nitrogens with two attached hydrogens (primary N) is 2. The van der Waals surface area contributed by atoms with E-state index in [1.807, 2.05) is 19.4 Å². The van der Waals surface area contributed by atoms with Crippen molar-refractivity contribution in [2.24, 2.45) is 17.5 Å². The molecule has 1 aliphatic heterocycles. The number of allylic oxidation sites excluding steroid dienone is 1. The summed E-state index contributed by atoms with van der Waals surface area (Å²) < 4.78 is 7.87. The molecule has 1 saturated heterocycles. The van der Waals surface area contributed by atoms with Gasteiger partial charge in [0.05, 0.1) is 21.8 Å². The smallest absolute Gasteiger partial charge is 0.143 e. The van der Waals surface area contributed by atoms with E-state index in [1.165, 1.54) is 0 Å². The van der Waals surface area contributed by atoms with Gasteiger partial charge in [0.1, 0.15) is 5.65 Å². The molecule has 154 valence electrons. The maximum absolute atomic E-state index is 6.11. The summed E-state index contributed by atoms with van der Waals surface area (Å²) in [6.07, 6.45) is 6.02. The Kier molecular flexibility index (Phi) is 5.67. The van der Waals surface area contributed by atoms with Crippen molar-refractivity contribution in [2.45, 2.75) is 31.3 Å². The molecule has 8 heteroatoms. The average Bonchev–Trinajstić information content (AvgIpc) is 3.01. The molecule has 1 aliphatic rings. The highest BCUT2D eigenvalue weighted by Gasteiger charge is 2.21. The molecule has 7 nitrogen and oxygen atoms in total. The van der Waals surface area contributed by atoms with E-state index in [2.05, 4.69) is 22.8 Å². The van der Waals surface area contributed by atoms with Gasteiger partial charge in [-0.25, -0.2) is 10.8 Å². The molecule has 0 aromatic carbocycles. The predicted molar refractivity (Wildman–Crippen MR) is 119 cm³/mol. The molecular weight excluding hydrogens is 384 g/mol. The summed E-state index contributed by atoms with van der Waals surface area (Å²) in [6.45, 7) is 4.41. The largest absolute Gasteiger partial charge is 0.401 e. The third-order valence-electron chi connectivity index (χ3n) is 5.51. The van der Waals surface area contributed by atoms with E-state index in [9.17, 15) is 0 Å². The van der Waals surface area contributed by atoms with E-state index in [-0.39, 0.29) is 0 Å². The quantitative estimate of drug-likeness (QED) is 0.377. The molecule has 0 aliphatic carbocycles. The topological polar surface area (TPSA) is 95.2 Å². The van der Waals surface area contributed by atoms with Crippen LogP contribution in [0.25, 0.3) is 27.8 Å². The lowest BCUT2D eigenvalue weighted by atomic mass is 10.0. The van der Waals surface area contributed by atoms with E-state index in [0.717, 1.165) is 71.0 Å². The second kappa shape index (κ2) is 8.22. The minimum Gasteiger partial charge on any atom is -0.401 e. The molecule has 4 heterocycles. The van der Waals surface area contributed by atoms with Crippen LogP contribution < -0.4 is 11.6 Å². The highest BCUT2D eigenvalue weighted by molar-refractivity contribution is 7.98. The van der Waals surface area contributed by atoms with Crippen molar-refractivity contribution in [3.8, 4) is 0 Å². The van der Waals surface area contributed by atoms with Crippen LogP contribution in [0.15, 0.2) is 35.1 Å². The van der Waals surface area contributed by atoms with Crippen LogP contribution in [0.1, 0.15) is 25.3 Å². The zero-order chi connectivity index (χ0) is 20.5. The number of hydrogen-bond donors (Lipinski definition) is 2. The van der Waals surface area contributed by atoms with Crippen molar-refractivity contribution in [2.75, 3.05) is 26.5 Å². The van der Waals surface area contributed by atoms with Crippen LogP contribution in [-0.4, -0.2) is 46.1 Å². The number of aromatic nitrogens is 3. The monoisotopic (exact) mass is 412 g/mol. The van der Waals surface area contributed by atoms with Gasteiger partial charge in [0.2, 0.25) is 0 Å². The number of hydrogen-bond acceptors (Lipinski definition) is 7. The van der Waals surface area contributed by atoms with Crippen LogP contribution in [-0.2, 0) is 11.3 Å². The number of thioether (sulfide) groups is 1. The summed E-state index contributed by atoms with van der Waals surface area (Å²) in [5.41, 5.74) is 11.5. The molecule has 0 unspecified atom stereocenters. The summed E-state index contributed by atoms with van der Waals surface area (Å²) in [7, 11) is 1.79. The summed E-state index contributed by atoms with van der Waals surface area (Å²) in [5.74, 6) is 6.61. The van der Waals surface area contributed by atoms with Gasteiger partial charge < -0.3 is 20.0 Å². The summed E-state index contributed by atoms with van der Waals surface area (Å²) >= 11 is 1.65. The Morgan fingerprint density at radius 2 is 2.10 bits per heavy atom. The number of fused-ring (bicyclic) bond motifs is 3. The predicted octanol–water partition coefficient (Wildman–Crippen LogP) is 3.19. The third-order valence-corrected chi connectivity index (χ3v) is 6.15. The molecular formula is C21H28N6OS. The zero-order valence-electron chi connectivity index (χ0n) is 17.2. The molecule has 0 amide bonds. The Labute approximate surface area is 175 Å². The fraction of sp³-hybridized carbons (Fsp3) is 0.429. The molecule has 0 atom stereocenters. The molecule has 3 aromatic heterocycles. The van der Waals surface area contributed by atoms with E-state index in [4.69, 9.17) is 26.3 Å². The number of rotatable bonds is 5. The minimum absolute atomic E-state index is 0.564. The molecule has 0 saturated carbocycles. The molecule has 0 spiro atoms. The molecule has 0 bridgehead atoms. The second-order valence-electron chi connectivity index (χ2n) is 7.63. The Bertz CT molecular complexity index is 1060. The van der Waals surface area contributed by atoms with Crippen LogP contribution in [0.3, 0.4) is 0 Å². The van der Waals surface area contributed by atoms with Crippen LogP contribution in [0.5, 0.6) is 0 Å². The van der Waals surface area contributed by atoms with E-state index >= 15 is 0 Å². The van der Waals surface area contributed by atoms with Gasteiger partial charge in [0.15, 0.2) is 0 Å². The first kappa shape index (κ1) is 20.0. The van der Waals surface area contributed by atoms with Gasteiger partial charge in [-0.05, 0) is 50.1 Å². The van der Waals surface area contributed by atoms with Crippen molar-refractivity contribution >= 4 is 39.5 Å². The first-order valence-corrected chi connectivity index (χ1v) is 11.1. The Morgan fingerprint density at radius 3 is 2.76 bits per heavy atom. The Hall–Kier alpha value is -2.29. The highest BCUT2D eigenvalue weighted by Crippen LogP contribution is 2.32. The fourth-order valence-electron chi connectivity index (χ4n) is 4.13. The lowest BCUT2D eigenvalue weighted by Crippen LogP contribution is -2.26. The van der Waals surface area contributed by atoms with Gasteiger partial charge in [-0.15, -0.1) is 11.8 Å². The lowest BCUT2D eigenvalue weighted by Gasteiger charge is -2.23. The summed E-state index contributed by atoms with van der Waals surface area (Å²) in [5, 5.41) is 3.63. The Balaban J connectivity index is 1.93. The number of hydrazine groups is 1. The van der Waals surface area contributed by atoms with Gasteiger partial charge in [-0.3, -0.25) is 4.98 Å². The first-order valence-electron chi connectivity index (χ1n) is 9.85. The molecule has 1 fully saturated rings. The average molecular weight is 413 g/mol. The minimum atomic E-state index is 0.564. The molecule has 0 radical (unpaired) electrons. The molecule has 4 N–H and O–H groups in total.